The highest BCUT2D eigenvalue weighted by atomic mass is 79.9. The van der Waals surface area contributed by atoms with Crippen molar-refractivity contribution in [3.8, 4) is 0 Å². The van der Waals surface area contributed by atoms with Crippen LogP contribution in [-0.4, -0.2) is 49.9 Å². The Morgan fingerprint density at radius 1 is 1.33 bits per heavy atom. The average Bonchev–Trinajstić information content (AvgIpc) is 3.01. The molecule has 24 heavy (non-hydrogen) atoms. The van der Waals surface area contributed by atoms with Crippen molar-refractivity contribution >= 4 is 24.2 Å². The van der Waals surface area contributed by atoms with Crippen molar-refractivity contribution in [3.63, 3.8) is 0 Å². The van der Waals surface area contributed by atoms with E-state index < -0.39 is 20.0 Å². The Balaban J connectivity index is 1.78. The van der Waals surface area contributed by atoms with Crippen LogP contribution >= 0.6 is 15.9 Å². The lowest BCUT2D eigenvalue weighted by atomic mass is 9.92. The third kappa shape index (κ3) is 3.10. The first-order chi connectivity index (χ1) is 11.0. The first kappa shape index (κ1) is 18.5. The molecular formula is C17H26BrNO4Si. The molecule has 0 radical (unpaired) electrons. The molecule has 2 aliphatic rings. The highest BCUT2D eigenvalue weighted by Crippen LogP contribution is 2.44. The van der Waals surface area contributed by atoms with Crippen LogP contribution in [0.5, 0.6) is 0 Å². The molecule has 0 aliphatic carbocycles. The molecule has 3 heterocycles. The van der Waals surface area contributed by atoms with E-state index in [2.05, 4.69) is 54.8 Å². The van der Waals surface area contributed by atoms with Crippen molar-refractivity contribution in [1.82, 2.24) is 4.98 Å². The van der Waals surface area contributed by atoms with E-state index in [1.54, 1.807) is 12.3 Å². The molecule has 1 aromatic heterocycles. The normalized spacial score (nSPS) is 33.7. The maximum absolute atomic E-state index is 11.1. The summed E-state index contributed by atoms with van der Waals surface area (Å²) in [5, 5.41) is 11.2. The molecule has 2 aliphatic heterocycles. The van der Waals surface area contributed by atoms with Gasteiger partial charge < -0.3 is 19.0 Å². The molecule has 0 aromatic carbocycles. The molecule has 1 aromatic rings. The third-order valence-electron chi connectivity index (χ3n) is 5.49. The van der Waals surface area contributed by atoms with E-state index in [1.807, 2.05) is 6.07 Å². The van der Waals surface area contributed by atoms with Gasteiger partial charge in [0.25, 0.3) is 0 Å². The summed E-state index contributed by atoms with van der Waals surface area (Å²) in [6.45, 7) is 11.7. The molecule has 3 rings (SSSR count). The summed E-state index contributed by atoms with van der Waals surface area (Å²) >= 11 is 3.37. The zero-order valence-electron chi connectivity index (χ0n) is 14.9. The van der Waals surface area contributed by atoms with Crippen LogP contribution in [-0.2, 0) is 19.5 Å². The largest absolute Gasteiger partial charge is 0.409 e. The van der Waals surface area contributed by atoms with E-state index in [0.29, 0.717) is 12.3 Å². The van der Waals surface area contributed by atoms with Gasteiger partial charge in [-0.2, -0.15) is 0 Å². The summed E-state index contributed by atoms with van der Waals surface area (Å²) in [5.74, 6) is 0. The van der Waals surface area contributed by atoms with Crippen molar-refractivity contribution in [2.45, 2.75) is 62.8 Å². The van der Waals surface area contributed by atoms with E-state index in [9.17, 15) is 5.11 Å². The molecule has 0 saturated carbocycles. The number of halogens is 1. The first-order valence-electron chi connectivity index (χ1n) is 8.30. The Kier molecular flexibility index (Phi) is 4.73. The molecule has 7 heteroatoms. The second kappa shape index (κ2) is 6.14. The average molecular weight is 416 g/mol. The third-order valence-corrected chi connectivity index (χ3v) is 10.5. The van der Waals surface area contributed by atoms with E-state index in [1.165, 1.54) is 0 Å². The predicted octanol–water partition coefficient (Wildman–Crippen LogP) is 3.22. The molecule has 134 valence electrons. The van der Waals surface area contributed by atoms with Gasteiger partial charge in [-0.3, -0.25) is 4.98 Å². The van der Waals surface area contributed by atoms with Gasteiger partial charge in [0.2, 0.25) is 0 Å². The maximum Gasteiger partial charge on any atom is 0.192 e. The number of aliphatic hydroxyl groups is 1. The van der Waals surface area contributed by atoms with Crippen LogP contribution in [0.2, 0.25) is 18.1 Å². The fourth-order valence-corrected chi connectivity index (χ4v) is 4.55. The van der Waals surface area contributed by atoms with Crippen molar-refractivity contribution in [3.05, 3.63) is 28.5 Å². The summed E-state index contributed by atoms with van der Waals surface area (Å²) in [6.07, 6.45) is 0.843. The SMILES string of the molecule is CC(C)(C)[Si](C)(C)O[C@@H]1CO[C@H]2[C@@H]1OCC2(O)c1ccc(Br)cn1. The Labute approximate surface area is 153 Å². The molecule has 2 saturated heterocycles. The Bertz CT molecular complexity index is 604. The van der Waals surface area contributed by atoms with Crippen LogP contribution in [0.25, 0.3) is 0 Å². The van der Waals surface area contributed by atoms with Gasteiger partial charge in [0.15, 0.2) is 13.9 Å². The summed E-state index contributed by atoms with van der Waals surface area (Å²) in [4.78, 5) is 4.34. The summed E-state index contributed by atoms with van der Waals surface area (Å²) < 4.78 is 19.2. The van der Waals surface area contributed by atoms with Gasteiger partial charge in [0, 0.05) is 10.7 Å². The van der Waals surface area contributed by atoms with Gasteiger partial charge in [-0.1, -0.05) is 20.8 Å². The highest BCUT2D eigenvalue weighted by molar-refractivity contribution is 9.10. The molecule has 4 atom stereocenters. The van der Waals surface area contributed by atoms with Crippen molar-refractivity contribution in [1.29, 1.82) is 0 Å². The van der Waals surface area contributed by atoms with Gasteiger partial charge in [0.05, 0.1) is 25.0 Å². The topological polar surface area (TPSA) is 60.8 Å². The molecule has 1 N–H and O–H groups in total. The van der Waals surface area contributed by atoms with E-state index in [4.69, 9.17) is 13.9 Å². The fourth-order valence-electron chi connectivity index (χ4n) is 3.00. The van der Waals surface area contributed by atoms with Gasteiger partial charge in [-0.15, -0.1) is 0 Å². The van der Waals surface area contributed by atoms with Gasteiger partial charge in [-0.05, 0) is 46.2 Å². The minimum Gasteiger partial charge on any atom is -0.409 e. The minimum atomic E-state index is -1.93. The van der Waals surface area contributed by atoms with Crippen LogP contribution in [0.1, 0.15) is 26.5 Å². The van der Waals surface area contributed by atoms with Crippen molar-refractivity contribution in [2.75, 3.05) is 13.2 Å². The lowest BCUT2D eigenvalue weighted by Crippen LogP contribution is -2.48. The lowest BCUT2D eigenvalue weighted by molar-refractivity contribution is -0.0759. The van der Waals surface area contributed by atoms with E-state index in [-0.39, 0.29) is 23.9 Å². The van der Waals surface area contributed by atoms with Crippen LogP contribution in [0.15, 0.2) is 22.8 Å². The number of pyridine rings is 1. The number of hydrogen-bond donors (Lipinski definition) is 1. The second-order valence-corrected chi connectivity index (χ2v) is 13.9. The number of hydrogen-bond acceptors (Lipinski definition) is 5. The Hall–Kier alpha value is -0.313. The molecule has 0 spiro atoms. The molecule has 0 amide bonds. The molecule has 2 fully saturated rings. The molecule has 0 bridgehead atoms. The second-order valence-electron chi connectivity index (χ2n) is 8.23. The van der Waals surface area contributed by atoms with Crippen molar-refractivity contribution in [2.24, 2.45) is 0 Å². The van der Waals surface area contributed by atoms with Crippen LogP contribution < -0.4 is 0 Å². The zero-order valence-corrected chi connectivity index (χ0v) is 17.5. The van der Waals surface area contributed by atoms with E-state index in [0.717, 1.165) is 4.47 Å². The monoisotopic (exact) mass is 415 g/mol. The Morgan fingerprint density at radius 3 is 2.62 bits per heavy atom. The van der Waals surface area contributed by atoms with Crippen LogP contribution in [0.4, 0.5) is 0 Å². The number of ether oxygens (including phenoxy) is 2. The van der Waals surface area contributed by atoms with Crippen LogP contribution in [0, 0.1) is 0 Å². The first-order valence-corrected chi connectivity index (χ1v) is 12.0. The number of fused-ring (bicyclic) bond motifs is 1. The number of aromatic nitrogens is 1. The molecule has 1 unspecified atom stereocenters. The van der Waals surface area contributed by atoms with Gasteiger partial charge in [-0.25, -0.2) is 0 Å². The van der Waals surface area contributed by atoms with Crippen LogP contribution in [0.3, 0.4) is 0 Å². The minimum absolute atomic E-state index is 0.118. The number of rotatable bonds is 3. The fraction of sp³-hybridized carbons (Fsp3) is 0.706. The summed E-state index contributed by atoms with van der Waals surface area (Å²) in [6, 6.07) is 3.67. The highest BCUT2D eigenvalue weighted by Gasteiger charge is 2.59. The lowest BCUT2D eigenvalue weighted by Gasteiger charge is -2.39. The quantitative estimate of drug-likeness (QED) is 0.767. The van der Waals surface area contributed by atoms with E-state index >= 15 is 0 Å². The summed E-state index contributed by atoms with van der Waals surface area (Å²) in [7, 11) is -1.93. The maximum atomic E-state index is 11.1. The predicted molar refractivity (Wildman–Crippen MR) is 97.4 cm³/mol. The summed E-state index contributed by atoms with van der Waals surface area (Å²) in [5.41, 5.74) is -0.650. The van der Waals surface area contributed by atoms with Crippen molar-refractivity contribution < 1.29 is 19.0 Å². The Morgan fingerprint density at radius 2 is 2.04 bits per heavy atom. The molecule has 5 nitrogen and oxygen atoms in total. The zero-order chi connectivity index (χ0) is 17.8. The number of nitrogens with zero attached hydrogens (tertiary/aromatic N) is 1. The molecular weight excluding hydrogens is 390 g/mol. The van der Waals surface area contributed by atoms with Gasteiger partial charge in [0.1, 0.15) is 12.2 Å². The standard InChI is InChI=1S/C17H26BrNO4Si/c1-16(2,3)24(4,5)23-12-9-21-15-14(12)22-10-17(15,20)13-7-6-11(18)8-19-13/h6-8,12,14-15,20H,9-10H2,1-5H3/t12-,14-,15+,17?/m1/s1. The smallest absolute Gasteiger partial charge is 0.192 e. The van der Waals surface area contributed by atoms with Gasteiger partial charge >= 0.3 is 0 Å².